The minimum Gasteiger partial charge on any atom is -0.506 e. The molecule has 0 saturated carbocycles. The highest BCUT2D eigenvalue weighted by Gasteiger charge is 1.89. The third-order valence-corrected chi connectivity index (χ3v) is 1.52. The number of aromatic hydroxyl groups is 1. The van der Waals surface area contributed by atoms with E-state index in [0.717, 1.165) is 11.0 Å². The van der Waals surface area contributed by atoms with Crippen molar-refractivity contribution in [2.75, 3.05) is 0 Å². The van der Waals surface area contributed by atoms with Gasteiger partial charge < -0.3 is 5.11 Å². The minimum atomic E-state index is 0.208. The predicted octanol–water partition coefficient (Wildman–Crippen LogP) is 1.68. The molecule has 0 aliphatic heterocycles. The van der Waals surface area contributed by atoms with Crippen LogP contribution in [-0.4, -0.2) is 10.1 Å². The van der Waals surface area contributed by atoms with Gasteiger partial charge in [0, 0.05) is 5.33 Å². The fraction of sp³-hybridized carbons (Fsp3) is 0.167. The first-order valence-electron chi connectivity index (χ1n) is 2.53. The van der Waals surface area contributed by atoms with Crippen LogP contribution in [0.1, 0.15) is 5.69 Å². The van der Waals surface area contributed by atoms with E-state index in [0.29, 0.717) is 0 Å². The lowest BCUT2D eigenvalue weighted by atomic mass is 10.4. The van der Waals surface area contributed by atoms with Crippen LogP contribution in [-0.2, 0) is 5.33 Å². The lowest BCUT2D eigenvalue weighted by Crippen LogP contribution is -1.80. The molecule has 1 aromatic heterocycles. The Morgan fingerprint density at radius 2 is 2.33 bits per heavy atom. The number of aromatic nitrogens is 1. The summed E-state index contributed by atoms with van der Waals surface area (Å²) in [5.41, 5.74) is 0.924. The molecular formula is C6H6BrNO. The van der Waals surface area contributed by atoms with Gasteiger partial charge in [0.15, 0.2) is 0 Å². The summed E-state index contributed by atoms with van der Waals surface area (Å²) in [5, 5.41) is 9.50. The molecular weight excluding hydrogens is 182 g/mol. The molecule has 0 amide bonds. The maximum atomic E-state index is 8.77. The zero-order valence-corrected chi connectivity index (χ0v) is 6.30. The minimum absolute atomic E-state index is 0.208. The Hall–Kier alpha value is -0.570. The van der Waals surface area contributed by atoms with Gasteiger partial charge in [0.1, 0.15) is 5.75 Å². The Balaban J connectivity index is 2.88. The lowest BCUT2D eigenvalue weighted by Gasteiger charge is -1.91. The molecule has 0 fully saturated rings. The standard InChI is InChI=1S/C6H6BrNO/c7-3-5-1-2-6(9)4-8-5/h1-2,4,9H,3H2. The summed E-state index contributed by atoms with van der Waals surface area (Å²) in [6, 6.07) is 3.38. The molecule has 2 nitrogen and oxygen atoms in total. The molecule has 0 aliphatic rings. The van der Waals surface area contributed by atoms with Crippen molar-refractivity contribution in [1.29, 1.82) is 0 Å². The smallest absolute Gasteiger partial charge is 0.133 e. The van der Waals surface area contributed by atoms with Crippen LogP contribution in [0.4, 0.5) is 0 Å². The second-order valence-corrected chi connectivity index (χ2v) is 2.20. The zero-order valence-electron chi connectivity index (χ0n) is 4.71. The van der Waals surface area contributed by atoms with E-state index in [1.54, 1.807) is 12.1 Å². The monoisotopic (exact) mass is 187 g/mol. The van der Waals surface area contributed by atoms with Crippen LogP contribution in [0.25, 0.3) is 0 Å². The van der Waals surface area contributed by atoms with Gasteiger partial charge in [-0.15, -0.1) is 0 Å². The molecule has 0 atom stereocenters. The number of rotatable bonds is 1. The fourth-order valence-electron chi connectivity index (χ4n) is 0.496. The van der Waals surface area contributed by atoms with Crippen molar-refractivity contribution in [2.45, 2.75) is 5.33 Å². The Morgan fingerprint density at radius 1 is 1.56 bits per heavy atom. The van der Waals surface area contributed by atoms with Crippen molar-refractivity contribution in [3.8, 4) is 5.75 Å². The average molecular weight is 188 g/mol. The van der Waals surface area contributed by atoms with Crippen molar-refractivity contribution in [3.63, 3.8) is 0 Å². The zero-order chi connectivity index (χ0) is 6.69. The second kappa shape index (κ2) is 2.82. The van der Waals surface area contributed by atoms with E-state index in [-0.39, 0.29) is 5.75 Å². The Bertz CT molecular complexity index is 185. The maximum absolute atomic E-state index is 8.77. The maximum Gasteiger partial charge on any atom is 0.133 e. The van der Waals surface area contributed by atoms with Crippen molar-refractivity contribution in [3.05, 3.63) is 24.0 Å². The van der Waals surface area contributed by atoms with Gasteiger partial charge in [-0.25, -0.2) is 0 Å². The summed E-state index contributed by atoms with van der Waals surface area (Å²) in [6.45, 7) is 0. The summed E-state index contributed by atoms with van der Waals surface area (Å²) in [5.74, 6) is 0.208. The Kier molecular flexibility index (Phi) is 2.05. The van der Waals surface area contributed by atoms with Crippen LogP contribution in [0.2, 0.25) is 0 Å². The quantitative estimate of drug-likeness (QED) is 0.680. The molecule has 0 unspecified atom stereocenters. The van der Waals surface area contributed by atoms with Gasteiger partial charge in [0.25, 0.3) is 0 Å². The van der Waals surface area contributed by atoms with Crippen LogP contribution in [0, 0.1) is 0 Å². The van der Waals surface area contributed by atoms with Gasteiger partial charge >= 0.3 is 0 Å². The molecule has 48 valence electrons. The third-order valence-electron chi connectivity index (χ3n) is 0.946. The molecule has 1 aromatic rings. The normalized spacial score (nSPS) is 9.44. The van der Waals surface area contributed by atoms with Gasteiger partial charge in [-0.05, 0) is 12.1 Å². The van der Waals surface area contributed by atoms with Crippen molar-refractivity contribution < 1.29 is 5.11 Å². The Morgan fingerprint density at radius 3 is 2.78 bits per heavy atom. The first-order valence-corrected chi connectivity index (χ1v) is 3.65. The highest BCUT2D eigenvalue weighted by molar-refractivity contribution is 9.08. The van der Waals surface area contributed by atoms with Crippen molar-refractivity contribution >= 4 is 15.9 Å². The molecule has 0 aromatic carbocycles. The van der Waals surface area contributed by atoms with E-state index in [2.05, 4.69) is 20.9 Å². The first kappa shape index (κ1) is 6.55. The van der Waals surface area contributed by atoms with Gasteiger partial charge in [-0.2, -0.15) is 0 Å². The lowest BCUT2D eigenvalue weighted by molar-refractivity contribution is 0.472. The van der Waals surface area contributed by atoms with Gasteiger partial charge in [-0.1, -0.05) is 15.9 Å². The first-order chi connectivity index (χ1) is 4.33. The number of pyridine rings is 1. The fourth-order valence-corrected chi connectivity index (χ4v) is 0.827. The van der Waals surface area contributed by atoms with E-state index < -0.39 is 0 Å². The molecule has 9 heavy (non-hydrogen) atoms. The number of hydrogen-bond acceptors (Lipinski definition) is 2. The van der Waals surface area contributed by atoms with E-state index in [4.69, 9.17) is 5.11 Å². The van der Waals surface area contributed by atoms with E-state index in [9.17, 15) is 0 Å². The van der Waals surface area contributed by atoms with E-state index >= 15 is 0 Å². The van der Waals surface area contributed by atoms with Crippen molar-refractivity contribution in [2.24, 2.45) is 0 Å². The molecule has 3 heteroatoms. The molecule has 0 bridgehead atoms. The topological polar surface area (TPSA) is 33.1 Å². The number of nitrogens with zero attached hydrogens (tertiary/aromatic N) is 1. The van der Waals surface area contributed by atoms with Crippen LogP contribution in [0.3, 0.4) is 0 Å². The second-order valence-electron chi connectivity index (χ2n) is 1.64. The number of halogens is 1. The highest BCUT2D eigenvalue weighted by Crippen LogP contribution is 2.07. The van der Waals surface area contributed by atoms with Gasteiger partial charge in [0.05, 0.1) is 11.9 Å². The van der Waals surface area contributed by atoms with Crippen LogP contribution < -0.4 is 0 Å². The van der Waals surface area contributed by atoms with Crippen molar-refractivity contribution in [1.82, 2.24) is 4.98 Å². The highest BCUT2D eigenvalue weighted by atomic mass is 79.9. The molecule has 1 N–H and O–H groups in total. The molecule has 0 aliphatic carbocycles. The van der Waals surface area contributed by atoms with Gasteiger partial charge in [0.2, 0.25) is 0 Å². The molecule has 1 rings (SSSR count). The number of hydrogen-bond donors (Lipinski definition) is 1. The summed E-state index contributed by atoms with van der Waals surface area (Å²) < 4.78 is 0. The van der Waals surface area contributed by atoms with E-state index in [1.165, 1.54) is 6.20 Å². The van der Waals surface area contributed by atoms with E-state index in [1.807, 2.05) is 0 Å². The SMILES string of the molecule is Oc1ccc(CBr)nc1. The summed E-state index contributed by atoms with van der Waals surface area (Å²) in [6.07, 6.45) is 1.43. The molecule has 0 saturated heterocycles. The summed E-state index contributed by atoms with van der Waals surface area (Å²) in [7, 11) is 0. The average Bonchev–Trinajstić information content (AvgIpc) is 1.90. The molecule has 0 spiro atoms. The molecule has 1 heterocycles. The van der Waals surface area contributed by atoms with Crippen LogP contribution in [0.5, 0.6) is 5.75 Å². The number of alkyl halides is 1. The molecule has 0 radical (unpaired) electrons. The Labute approximate surface area is 61.7 Å². The van der Waals surface area contributed by atoms with Crippen LogP contribution >= 0.6 is 15.9 Å². The third kappa shape index (κ3) is 1.68. The van der Waals surface area contributed by atoms with Crippen LogP contribution in [0.15, 0.2) is 18.3 Å². The summed E-state index contributed by atoms with van der Waals surface area (Å²) >= 11 is 3.24. The summed E-state index contributed by atoms with van der Waals surface area (Å²) in [4.78, 5) is 3.90. The van der Waals surface area contributed by atoms with Gasteiger partial charge in [-0.3, -0.25) is 4.98 Å². The largest absolute Gasteiger partial charge is 0.506 e. The predicted molar refractivity (Wildman–Crippen MR) is 38.5 cm³/mol.